The quantitative estimate of drug-likeness (QED) is 0.240. The fourth-order valence-electron chi connectivity index (χ4n) is 2.12. The number of nitrogens with one attached hydrogen (secondary N) is 1. The maximum Gasteiger partial charge on any atom is 0.359 e. The number of hydrogen-bond donors (Lipinski definition) is 2. The summed E-state index contributed by atoms with van der Waals surface area (Å²) < 4.78 is 34.0. The molecule has 0 spiro atoms. The molecule has 0 atom stereocenters. The zero-order valence-corrected chi connectivity index (χ0v) is 15.6. The number of hydrazone groups is 1. The molecular formula is C14H22N5O3S2+. The van der Waals surface area contributed by atoms with E-state index in [4.69, 9.17) is 4.55 Å². The Labute approximate surface area is 145 Å². The van der Waals surface area contributed by atoms with Crippen LogP contribution in [0.4, 0.5) is 5.13 Å². The zero-order valence-electron chi connectivity index (χ0n) is 13.9. The molecule has 0 saturated carbocycles. The molecule has 2 aromatic rings. The van der Waals surface area contributed by atoms with Crippen LogP contribution in [0.1, 0.15) is 29.2 Å². The summed E-state index contributed by atoms with van der Waals surface area (Å²) in [6.07, 6.45) is 6.14. The average Bonchev–Trinajstić information content (AvgIpc) is 3.04. The second-order valence-electron chi connectivity index (χ2n) is 5.45. The molecule has 2 heterocycles. The number of hydrogen-bond acceptors (Lipinski definition) is 6. The summed E-state index contributed by atoms with van der Waals surface area (Å²) in [7, 11) is -1.91. The van der Waals surface area contributed by atoms with Gasteiger partial charge in [-0.2, -0.15) is 8.42 Å². The van der Waals surface area contributed by atoms with E-state index in [1.54, 1.807) is 23.7 Å². The van der Waals surface area contributed by atoms with Gasteiger partial charge in [0.25, 0.3) is 10.1 Å². The Morgan fingerprint density at radius 2 is 2.21 bits per heavy atom. The second kappa shape index (κ2) is 7.86. The van der Waals surface area contributed by atoms with Crippen molar-refractivity contribution in [3.8, 4) is 0 Å². The lowest BCUT2D eigenvalue weighted by molar-refractivity contribution is -0.659. The van der Waals surface area contributed by atoms with Gasteiger partial charge in [0.15, 0.2) is 5.82 Å². The van der Waals surface area contributed by atoms with Crippen LogP contribution >= 0.6 is 11.3 Å². The second-order valence-corrected chi connectivity index (χ2v) is 8.23. The van der Waals surface area contributed by atoms with Gasteiger partial charge < -0.3 is 4.57 Å². The Morgan fingerprint density at radius 1 is 1.46 bits per heavy atom. The molecule has 0 saturated heterocycles. The van der Waals surface area contributed by atoms with Crippen LogP contribution in [-0.2, 0) is 23.7 Å². The number of unbranched alkanes of at least 4 members (excludes halogenated alkanes) is 1. The molecule has 2 rings (SSSR count). The first-order valence-electron chi connectivity index (χ1n) is 7.49. The first-order valence-corrected chi connectivity index (χ1v) is 9.92. The van der Waals surface area contributed by atoms with Gasteiger partial charge in [-0.3, -0.25) is 4.55 Å². The number of imidazole rings is 1. The van der Waals surface area contributed by atoms with Gasteiger partial charge in [0, 0.05) is 18.9 Å². The summed E-state index contributed by atoms with van der Waals surface area (Å²) in [5, 5.41) is 5.16. The van der Waals surface area contributed by atoms with Crippen LogP contribution in [0.15, 0.2) is 17.5 Å². The van der Waals surface area contributed by atoms with E-state index in [-0.39, 0.29) is 5.75 Å². The van der Waals surface area contributed by atoms with Crippen molar-refractivity contribution in [2.75, 3.05) is 11.2 Å². The molecule has 0 unspecified atom stereocenters. The maximum atomic E-state index is 10.7. The molecule has 2 aromatic heterocycles. The highest BCUT2D eigenvalue weighted by molar-refractivity contribution is 7.85. The summed E-state index contributed by atoms with van der Waals surface area (Å²) in [5.74, 6) is 0.460. The van der Waals surface area contributed by atoms with Gasteiger partial charge in [0.05, 0.1) is 17.7 Å². The lowest BCUT2D eigenvalue weighted by atomic mass is 10.3. The van der Waals surface area contributed by atoms with Gasteiger partial charge in [0.1, 0.15) is 11.9 Å². The summed E-state index contributed by atoms with van der Waals surface area (Å²) in [6.45, 7) is 4.73. The molecule has 0 aliphatic rings. The molecule has 0 aliphatic heterocycles. The SMILES string of the molecule is Cc1sc(NN=Cc2nccn2CCCCS(=O)(=O)O)[n+](C)c1C. The van der Waals surface area contributed by atoms with Crippen molar-refractivity contribution in [3.05, 3.63) is 28.8 Å². The van der Waals surface area contributed by atoms with Gasteiger partial charge in [-0.1, -0.05) is 5.10 Å². The molecule has 0 radical (unpaired) electrons. The standard InChI is InChI=1S/C14H21N5O3S2/c1-11-12(2)23-14(18(11)3)17-16-10-13-15-6-8-19(13)7-4-5-9-24(20,21)22/h6,8,10H,4-5,7,9H2,1-3H3,(H,20,21,22)/p+1. The Kier molecular flexibility index (Phi) is 6.08. The van der Waals surface area contributed by atoms with Gasteiger partial charge in [-0.15, -0.1) is 5.43 Å². The lowest BCUT2D eigenvalue weighted by Gasteiger charge is -2.03. The van der Waals surface area contributed by atoms with E-state index in [0.29, 0.717) is 25.2 Å². The van der Waals surface area contributed by atoms with Crippen molar-refractivity contribution in [3.63, 3.8) is 0 Å². The van der Waals surface area contributed by atoms with Crippen LogP contribution in [0.25, 0.3) is 0 Å². The first-order chi connectivity index (χ1) is 11.3. The Morgan fingerprint density at radius 3 is 2.83 bits per heavy atom. The highest BCUT2D eigenvalue weighted by Gasteiger charge is 2.14. The average molecular weight is 372 g/mol. The smallest absolute Gasteiger partial charge is 0.330 e. The number of thiazole rings is 1. The number of aryl methyl sites for hydroxylation is 2. The summed E-state index contributed by atoms with van der Waals surface area (Å²) >= 11 is 1.63. The minimum absolute atomic E-state index is 0.222. The largest absolute Gasteiger partial charge is 0.359 e. The van der Waals surface area contributed by atoms with Crippen molar-refractivity contribution in [1.29, 1.82) is 0 Å². The Hall–Kier alpha value is -1.78. The van der Waals surface area contributed by atoms with Crippen molar-refractivity contribution >= 4 is 32.8 Å². The van der Waals surface area contributed by atoms with Crippen LogP contribution in [0.2, 0.25) is 0 Å². The molecule has 0 fully saturated rings. The van der Waals surface area contributed by atoms with E-state index in [0.717, 1.165) is 5.13 Å². The molecule has 2 N–H and O–H groups in total. The van der Waals surface area contributed by atoms with Gasteiger partial charge in [-0.05, 0) is 38.0 Å². The number of nitrogens with zero attached hydrogens (tertiary/aromatic N) is 4. The van der Waals surface area contributed by atoms with E-state index in [1.807, 2.05) is 22.4 Å². The summed E-state index contributed by atoms with van der Waals surface area (Å²) in [4.78, 5) is 5.45. The van der Waals surface area contributed by atoms with E-state index in [1.165, 1.54) is 10.6 Å². The highest BCUT2D eigenvalue weighted by atomic mass is 32.2. The van der Waals surface area contributed by atoms with Crippen LogP contribution in [-0.4, -0.2) is 34.5 Å². The molecule has 0 aliphatic carbocycles. The van der Waals surface area contributed by atoms with E-state index in [9.17, 15) is 8.42 Å². The van der Waals surface area contributed by atoms with Gasteiger partial charge >= 0.3 is 5.13 Å². The molecule has 10 heteroatoms. The predicted molar refractivity (Wildman–Crippen MR) is 94.1 cm³/mol. The Bertz CT molecular complexity index is 824. The topological polar surface area (TPSA) is 100 Å². The van der Waals surface area contributed by atoms with Crippen molar-refractivity contribution in [1.82, 2.24) is 9.55 Å². The highest BCUT2D eigenvalue weighted by Crippen LogP contribution is 2.18. The van der Waals surface area contributed by atoms with Gasteiger partial charge in [0.2, 0.25) is 0 Å². The maximum absolute atomic E-state index is 10.7. The lowest BCUT2D eigenvalue weighted by Crippen LogP contribution is -2.31. The minimum Gasteiger partial charge on any atom is -0.330 e. The van der Waals surface area contributed by atoms with Crippen LogP contribution in [0.3, 0.4) is 0 Å². The van der Waals surface area contributed by atoms with E-state index < -0.39 is 10.1 Å². The number of aromatic nitrogens is 3. The predicted octanol–water partition coefficient (Wildman–Crippen LogP) is 1.50. The third kappa shape index (κ3) is 5.11. The molecule has 132 valence electrons. The van der Waals surface area contributed by atoms with Crippen molar-refractivity contribution in [2.24, 2.45) is 12.1 Å². The molecular weight excluding hydrogens is 350 g/mol. The molecule has 0 amide bonds. The van der Waals surface area contributed by atoms with Crippen LogP contribution in [0, 0.1) is 13.8 Å². The monoisotopic (exact) mass is 372 g/mol. The fraction of sp³-hybridized carbons (Fsp3) is 0.500. The van der Waals surface area contributed by atoms with E-state index >= 15 is 0 Å². The van der Waals surface area contributed by atoms with Crippen molar-refractivity contribution < 1.29 is 17.5 Å². The fourth-order valence-corrected chi connectivity index (χ4v) is 3.64. The molecule has 0 bridgehead atoms. The molecule has 8 nitrogen and oxygen atoms in total. The third-order valence-corrected chi connectivity index (χ3v) is 5.67. The van der Waals surface area contributed by atoms with Gasteiger partial charge in [-0.25, -0.2) is 9.55 Å². The number of rotatable bonds is 8. The van der Waals surface area contributed by atoms with Crippen LogP contribution < -0.4 is 9.99 Å². The molecule has 24 heavy (non-hydrogen) atoms. The zero-order chi connectivity index (χ0) is 17.7. The van der Waals surface area contributed by atoms with Crippen LogP contribution in [0.5, 0.6) is 0 Å². The summed E-state index contributed by atoms with van der Waals surface area (Å²) in [6, 6.07) is 0. The number of anilines is 1. The third-order valence-electron chi connectivity index (χ3n) is 3.71. The normalized spacial score (nSPS) is 12.2. The van der Waals surface area contributed by atoms with Crippen molar-refractivity contribution in [2.45, 2.75) is 33.2 Å². The Balaban J connectivity index is 1.91. The van der Waals surface area contributed by atoms with E-state index in [2.05, 4.69) is 29.4 Å². The summed E-state index contributed by atoms with van der Waals surface area (Å²) in [5.41, 5.74) is 4.21. The molecule has 0 aromatic carbocycles. The minimum atomic E-state index is -3.89. The first kappa shape index (κ1) is 18.6.